The third-order valence-electron chi connectivity index (χ3n) is 3.86. The Labute approximate surface area is 147 Å². The minimum atomic E-state index is -4.45. The Balaban J connectivity index is 2.10. The number of halogens is 3. The molecule has 0 unspecified atom stereocenters. The van der Waals surface area contributed by atoms with Crippen LogP contribution in [0.2, 0.25) is 6.82 Å². The maximum atomic E-state index is 12.5. The minimum Gasteiger partial charge on any atom is -0.483 e. The number of ether oxygens (including phenoxy) is 1. The van der Waals surface area contributed by atoms with Crippen LogP contribution < -0.4 is 15.9 Å². The lowest BCUT2D eigenvalue weighted by Gasteiger charge is -2.15. The molecular formula is C17H15BF3N3O2. The average Bonchev–Trinajstić information content (AvgIpc) is 2.59. The standard InChI is InChI=1S/C17H15BF3N3O2/c1-18(25)11-3-5-16(26-9-17(19,20)21)13(7-11)10-2-4-12-14(22)8-23-24-15(12)6-10/h2-8,25H,9H2,1H3,(H2,22,24). The normalized spacial score (nSPS) is 11.6. The second kappa shape index (κ2) is 6.83. The molecule has 0 fully saturated rings. The Hall–Kier alpha value is -2.81. The highest BCUT2D eigenvalue weighted by Crippen LogP contribution is 2.33. The van der Waals surface area contributed by atoms with Crippen LogP contribution in [0, 0.1) is 0 Å². The van der Waals surface area contributed by atoms with Gasteiger partial charge in [0.1, 0.15) is 5.75 Å². The smallest absolute Gasteiger partial charge is 0.422 e. The molecule has 5 nitrogen and oxygen atoms in total. The van der Waals surface area contributed by atoms with Gasteiger partial charge in [-0.05, 0) is 29.2 Å². The van der Waals surface area contributed by atoms with E-state index in [1.165, 1.54) is 18.3 Å². The van der Waals surface area contributed by atoms with Gasteiger partial charge in [-0.15, -0.1) is 0 Å². The Bertz CT molecular complexity index is 948. The zero-order valence-corrected chi connectivity index (χ0v) is 13.8. The molecule has 0 spiro atoms. The fraction of sp³-hybridized carbons (Fsp3) is 0.176. The highest BCUT2D eigenvalue weighted by atomic mass is 19.4. The van der Waals surface area contributed by atoms with Gasteiger partial charge in [0.05, 0.1) is 17.4 Å². The molecule has 3 aromatic rings. The van der Waals surface area contributed by atoms with Gasteiger partial charge in [-0.3, -0.25) is 0 Å². The Morgan fingerprint density at radius 1 is 1.19 bits per heavy atom. The van der Waals surface area contributed by atoms with Crippen molar-refractivity contribution in [2.45, 2.75) is 13.0 Å². The van der Waals surface area contributed by atoms with Crippen LogP contribution in [-0.4, -0.2) is 34.9 Å². The number of anilines is 1. The topological polar surface area (TPSA) is 81.3 Å². The van der Waals surface area contributed by atoms with Gasteiger partial charge in [0.25, 0.3) is 0 Å². The zero-order valence-electron chi connectivity index (χ0n) is 13.8. The van der Waals surface area contributed by atoms with Crippen molar-refractivity contribution in [2.24, 2.45) is 0 Å². The first-order valence-corrected chi connectivity index (χ1v) is 7.77. The number of hydrogen-bond acceptors (Lipinski definition) is 5. The van der Waals surface area contributed by atoms with E-state index >= 15 is 0 Å². The lowest BCUT2D eigenvalue weighted by molar-refractivity contribution is -0.153. The predicted molar refractivity (Wildman–Crippen MR) is 94.4 cm³/mol. The van der Waals surface area contributed by atoms with Crippen molar-refractivity contribution in [2.75, 3.05) is 12.3 Å². The molecule has 0 amide bonds. The van der Waals surface area contributed by atoms with Crippen LogP contribution in [-0.2, 0) is 0 Å². The third kappa shape index (κ3) is 3.88. The van der Waals surface area contributed by atoms with Crippen LogP contribution in [0.15, 0.2) is 42.6 Å². The van der Waals surface area contributed by atoms with Gasteiger partial charge in [0.2, 0.25) is 0 Å². The Morgan fingerprint density at radius 2 is 1.96 bits per heavy atom. The summed E-state index contributed by atoms with van der Waals surface area (Å²) in [7, 11) is 0. The van der Waals surface area contributed by atoms with Crippen molar-refractivity contribution < 1.29 is 22.9 Å². The van der Waals surface area contributed by atoms with E-state index in [2.05, 4.69) is 10.2 Å². The number of aromatic nitrogens is 2. The molecule has 1 heterocycles. The van der Waals surface area contributed by atoms with E-state index < -0.39 is 19.7 Å². The molecule has 1 aromatic heterocycles. The van der Waals surface area contributed by atoms with Crippen molar-refractivity contribution >= 4 is 29.0 Å². The molecule has 0 saturated heterocycles. The van der Waals surface area contributed by atoms with Gasteiger partial charge in [0.15, 0.2) is 6.61 Å². The minimum absolute atomic E-state index is 0.0583. The SMILES string of the molecule is CB(O)c1ccc(OCC(F)(F)F)c(-c2ccc3c(N)cnnc3c2)c1. The van der Waals surface area contributed by atoms with Gasteiger partial charge in [-0.2, -0.15) is 23.4 Å². The predicted octanol–water partition coefficient (Wildman–Crippen LogP) is 2.64. The molecule has 3 rings (SSSR count). The molecule has 0 atom stereocenters. The lowest BCUT2D eigenvalue weighted by atomic mass is 9.64. The maximum Gasteiger partial charge on any atom is 0.422 e. The van der Waals surface area contributed by atoms with E-state index in [0.29, 0.717) is 33.2 Å². The first-order valence-electron chi connectivity index (χ1n) is 7.77. The fourth-order valence-corrected chi connectivity index (χ4v) is 2.57. The van der Waals surface area contributed by atoms with E-state index in [1.807, 2.05) is 0 Å². The molecule has 2 aromatic carbocycles. The van der Waals surface area contributed by atoms with Crippen LogP contribution in [0.3, 0.4) is 0 Å². The lowest BCUT2D eigenvalue weighted by Crippen LogP contribution is -2.26. The summed E-state index contributed by atoms with van der Waals surface area (Å²) in [6.45, 7) is -0.614. The second-order valence-electron chi connectivity index (χ2n) is 5.87. The zero-order chi connectivity index (χ0) is 18.9. The summed E-state index contributed by atoms with van der Waals surface area (Å²) >= 11 is 0. The van der Waals surface area contributed by atoms with Crippen LogP contribution >= 0.6 is 0 Å². The number of nitrogen functional groups attached to an aromatic ring is 1. The van der Waals surface area contributed by atoms with Crippen molar-refractivity contribution in [1.82, 2.24) is 10.2 Å². The number of alkyl halides is 3. The first kappa shape index (κ1) is 18.0. The van der Waals surface area contributed by atoms with Crippen LogP contribution in [0.4, 0.5) is 18.9 Å². The molecule has 0 saturated carbocycles. The van der Waals surface area contributed by atoms with Gasteiger partial charge >= 0.3 is 13.1 Å². The highest BCUT2D eigenvalue weighted by Gasteiger charge is 2.29. The van der Waals surface area contributed by atoms with E-state index in [-0.39, 0.29) is 5.75 Å². The summed E-state index contributed by atoms with van der Waals surface area (Å²) < 4.78 is 42.6. The number of hydrogen-bond donors (Lipinski definition) is 2. The number of nitrogens with two attached hydrogens (primary N) is 1. The van der Waals surface area contributed by atoms with Crippen molar-refractivity contribution in [3.05, 3.63) is 42.6 Å². The molecule has 9 heteroatoms. The molecule has 0 aliphatic heterocycles. The molecular weight excluding hydrogens is 346 g/mol. The summed E-state index contributed by atoms with van der Waals surface area (Å²) in [5, 5.41) is 18.3. The Morgan fingerprint density at radius 3 is 2.65 bits per heavy atom. The van der Waals surface area contributed by atoms with Crippen molar-refractivity contribution in [3.8, 4) is 16.9 Å². The largest absolute Gasteiger partial charge is 0.483 e. The van der Waals surface area contributed by atoms with E-state index in [1.54, 1.807) is 31.1 Å². The molecule has 0 aliphatic carbocycles. The van der Waals surface area contributed by atoms with E-state index in [4.69, 9.17) is 10.5 Å². The van der Waals surface area contributed by atoms with Gasteiger partial charge in [-0.1, -0.05) is 25.0 Å². The van der Waals surface area contributed by atoms with Gasteiger partial charge in [0, 0.05) is 10.9 Å². The maximum absolute atomic E-state index is 12.5. The highest BCUT2D eigenvalue weighted by molar-refractivity contribution is 6.64. The second-order valence-corrected chi connectivity index (χ2v) is 5.87. The summed E-state index contributed by atoms with van der Waals surface area (Å²) in [6, 6.07) is 9.63. The number of fused-ring (bicyclic) bond motifs is 1. The quantitative estimate of drug-likeness (QED) is 0.699. The Kier molecular flexibility index (Phi) is 4.73. The summed E-state index contributed by atoms with van der Waals surface area (Å²) in [6.07, 6.45) is -3.03. The third-order valence-corrected chi connectivity index (χ3v) is 3.86. The summed E-state index contributed by atoms with van der Waals surface area (Å²) in [4.78, 5) is 0. The van der Waals surface area contributed by atoms with Crippen molar-refractivity contribution in [1.29, 1.82) is 0 Å². The van der Waals surface area contributed by atoms with Crippen molar-refractivity contribution in [3.63, 3.8) is 0 Å². The molecule has 0 bridgehead atoms. The van der Waals surface area contributed by atoms with Crippen LogP contribution in [0.25, 0.3) is 22.0 Å². The number of nitrogens with zero attached hydrogens (tertiary/aromatic N) is 2. The average molecular weight is 361 g/mol. The number of rotatable bonds is 4. The van der Waals surface area contributed by atoms with Gasteiger partial charge < -0.3 is 15.5 Å². The molecule has 0 aliphatic rings. The van der Waals surface area contributed by atoms with Crippen LogP contribution in [0.5, 0.6) is 5.75 Å². The number of benzene rings is 2. The van der Waals surface area contributed by atoms with Crippen LogP contribution in [0.1, 0.15) is 0 Å². The van der Waals surface area contributed by atoms with E-state index in [0.717, 1.165) is 0 Å². The van der Waals surface area contributed by atoms with Gasteiger partial charge in [-0.25, -0.2) is 0 Å². The first-order chi connectivity index (χ1) is 12.2. The summed E-state index contributed by atoms with van der Waals surface area (Å²) in [5.74, 6) is 0.0583. The molecule has 134 valence electrons. The van der Waals surface area contributed by atoms with E-state index in [9.17, 15) is 18.2 Å². The molecule has 3 N–H and O–H groups in total. The molecule has 26 heavy (non-hydrogen) atoms. The molecule has 0 radical (unpaired) electrons. The monoisotopic (exact) mass is 361 g/mol. The summed E-state index contributed by atoms with van der Waals surface area (Å²) in [5.41, 5.74) is 8.36. The fourth-order valence-electron chi connectivity index (χ4n) is 2.57.